The standard InChI is InChI=1S/C10H26N2O2Si/c1-5-9-11-15(13-7-3,14-8-4)12-10-6-2/h11-12H,5-10H2,1-4H3. The Morgan fingerprint density at radius 3 is 1.47 bits per heavy atom. The first-order valence-corrected chi connectivity index (χ1v) is 7.84. The van der Waals surface area contributed by atoms with Crippen LogP contribution in [0.25, 0.3) is 0 Å². The topological polar surface area (TPSA) is 42.5 Å². The third-order valence-corrected chi connectivity index (χ3v) is 4.73. The van der Waals surface area contributed by atoms with E-state index in [0.717, 1.165) is 25.9 Å². The summed E-state index contributed by atoms with van der Waals surface area (Å²) in [6, 6.07) is 0. The lowest BCUT2D eigenvalue weighted by Gasteiger charge is -2.30. The molecule has 92 valence electrons. The number of hydrogen-bond acceptors (Lipinski definition) is 4. The number of hydrogen-bond donors (Lipinski definition) is 2. The van der Waals surface area contributed by atoms with Gasteiger partial charge in [0.2, 0.25) is 0 Å². The molecule has 0 rings (SSSR count). The largest absolute Gasteiger partial charge is 0.516 e. The summed E-state index contributed by atoms with van der Waals surface area (Å²) in [5.41, 5.74) is 0. The van der Waals surface area contributed by atoms with Gasteiger partial charge in [-0.1, -0.05) is 13.8 Å². The number of nitrogens with one attached hydrogen (secondary N) is 2. The van der Waals surface area contributed by atoms with Crippen molar-refractivity contribution in [1.82, 2.24) is 9.96 Å². The Labute approximate surface area is 95.1 Å². The quantitative estimate of drug-likeness (QED) is 0.562. The minimum Gasteiger partial charge on any atom is -0.371 e. The summed E-state index contributed by atoms with van der Waals surface area (Å²) in [5.74, 6) is 0. The van der Waals surface area contributed by atoms with Crippen LogP contribution in [0.4, 0.5) is 0 Å². The van der Waals surface area contributed by atoms with Crippen LogP contribution in [0.1, 0.15) is 40.5 Å². The zero-order valence-corrected chi connectivity index (χ0v) is 11.6. The molecule has 0 fully saturated rings. The average molecular weight is 234 g/mol. The lowest BCUT2D eigenvalue weighted by molar-refractivity contribution is 0.159. The molecule has 0 unspecified atom stereocenters. The van der Waals surface area contributed by atoms with Crippen molar-refractivity contribution >= 4 is 8.88 Å². The van der Waals surface area contributed by atoms with Gasteiger partial charge in [-0.2, -0.15) is 0 Å². The van der Waals surface area contributed by atoms with Gasteiger partial charge in [0.05, 0.1) is 0 Å². The Kier molecular flexibility index (Phi) is 9.33. The van der Waals surface area contributed by atoms with Gasteiger partial charge in [0.25, 0.3) is 0 Å². The van der Waals surface area contributed by atoms with Crippen LogP contribution in [0.3, 0.4) is 0 Å². The second-order valence-corrected chi connectivity index (χ2v) is 5.85. The van der Waals surface area contributed by atoms with Crippen LogP contribution in [0, 0.1) is 0 Å². The third kappa shape index (κ3) is 6.27. The summed E-state index contributed by atoms with van der Waals surface area (Å²) in [4.78, 5) is 6.81. The molecule has 0 aromatic carbocycles. The van der Waals surface area contributed by atoms with Crippen molar-refractivity contribution in [3.05, 3.63) is 0 Å². The second kappa shape index (κ2) is 9.29. The van der Waals surface area contributed by atoms with Crippen LogP contribution in [-0.2, 0) is 8.85 Å². The minimum absolute atomic E-state index is 0.680. The highest BCUT2D eigenvalue weighted by molar-refractivity contribution is 6.62. The second-order valence-electron chi connectivity index (χ2n) is 3.34. The van der Waals surface area contributed by atoms with Crippen molar-refractivity contribution in [1.29, 1.82) is 0 Å². The van der Waals surface area contributed by atoms with Gasteiger partial charge < -0.3 is 8.85 Å². The Hall–Kier alpha value is 0.0569. The van der Waals surface area contributed by atoms with Crippen molar-refractivity contribution in [2.45, 2.75) is 40.5 Å². The van der Waals surface area contributed by atoms with Crippen LogP contribution in [0.5, 0.6) is 0 Å². The van der Waals surface area contributed by atoms with Gasteiger partial charge in [-0.3, -0.25) is 9.96 Å². The van der Waals surface area contributed by atoms with E-state index in [1.165, 1.54) is 0 Å². The fourth-order valence-electron chi connectivity index (χ4n) is 1.29. The van der Waals surface area contributed by atoms with E-state index < -0.39 is 8.88 Å². The fourth-order valence-corrected chi connectivity index (χ4v) is 3.88. The third-order valence-electron chi connectivity index (χ3n) is 1.91. The summed E-state index contributed by atoms with van der Waals surface area (Å²) in [6.07, 6.45) is 2.17. The van der Waals surface area contributed by atoms with E-state index in [1.54, 1.807) is 0 Å². The summed E-state index contributed by atoms with van der Waals surface area (Å²) in [6.45, 7) is 11.5. The van der Waals surface area contributed by atoms with E-state index in [0.29, 0.717) is 13.2 Å². The van der Waals surface area contributed by atoms with Crippen molar-refractivity contribution in [3.63, 3.8) is 0 Å². The Balaban J connectivity index is 4.26. The van der Waals surface area contributed by atoms with Crippen LogP contribution < -0.4 is 9.96 Å². The molecule has 0 aliphatic heterocycles. The smallest absolute Gasteiger partial charge is 0.371 e. The molecule has 4 nitrogen and oxygen atoms in total. The molecular formula is C10H26N2O2Si. The van der Waals surface area contributed by atoms with Gasteiger partial charge in [-0.15, -0.1) is 0 Å². The average Bonchev–Trinajstić information content (AvgIpc) is 2.24. The van der Waals surface area contributed by atoms with Crippen molar-refractivity contribution in [3.8, 4) is 0 Å². The molecule has 0 atom stereocenters. The summed E-state index contributed by atoms with van der Waals surface area (Å²) < 4.78 is 11.5. The summed E-state index contributed by atoms with van der Waals surface area (Å²) in [5, 5.41) is 0. The van der Waals surface area contributed by atoms with E-state index >= 15 is 0 Å². The molecule has 0 amide bonds. The monoisotopic (exact) mass is 234 g/mol. The maximum Gasteiger partial charge on any atom is 0.516 e. The highest BCUT2D eigenvalue weighted by atomic mass is 28.4. The van der Waals surface area contributed by atoms with Gasteiger partial charge >= 0.3 is 8.88 Å². The van der Waals surface area contributed by atoms with E-state index in [-0.39, 0.29) is 0 Å². The fraction of sp³-hybridized carbons (Fsp3) is 1.00. The zero-order valence-electron chi connectivity index (χ0n) is 10.6. The first kappa shape index (κ1) is 15.1. The van der Waals surface area contributed by atoms with Crippen LogP contribution in [-0.4, -0.2) is 35.2 Å². The van der Waals surface area contributed by atoms with Crippen LogP contribution in [0.2, 0.25) is 0 Å². The predicted molar refractivity (Wildman–Crippen MR) is 65.6 cm³/mol. The molecule has 0 saturated heterocycles. The molecule has 0 aliphatic rings. The molecule has 0 aromatic heterocycles. The zero-order chi connectivity index (χ0) is 11.6. The van der Waals surface area contributed by atoms with Crippen LogP contribution in [0.15, 0.2) is 0 Å². The van der Waals surface area contributed by atoms with Gasteiger partial charge in [0, 0.05) is 13.2 Å². The lowest BCUT2D eigenvalue weighted by Crippen LogP contribution is -2.67. The molecule has 5 heteroatoms. The molecule has 0 heterocycles. The van der Waals surface area contributed by atoms with Crippen molar-refractivity contribution < 1.29 is 8.85 Å². The lowest BCUT2D eigenvalue weighted by atomic mass is 10.5. The SMILES string of the molecule is CCCN[Si](NCCC)(OCC)OCC. The Morgan fingerprint density at radius 1 is 0.800 bits per heavy atom. The molecule has 0 spiro atoms. The minimum atomic E-state index is -2.34. The Morgan fingerprint density at radius 2 is 1.20 bits per heavy atom. The van der Waals surface area contributed by atoms with Crippen molar-refractivity contribution in [2.75, 3.05) is 26.3 Å². The van der Waals surface area contributed by atoms with Gasteiger partial charge in [-0.25, -0.2) is 0 Å². The van der Waals surface area contributed by atoms with E-state index in [1.807, 2.05) is 13.8 Å². The van der Waals surface area contributed by atoms with Gasteiger partial charge in [0.1, 0.15) is 0 Å². The first-order valence-electron chi connectivity index (χ1n) is 6.02. The molecule has 0 aliphatic carbocycles. The normalized spacial score (nSPS) is 12.0. The predicted octanol–water partition coefficient (Wildman–Crippen LogP) is 1.49. The summed E-state index contributed by atoms with van der Waals surface area (Å²) >= 11 is 0. The van der Waals surface area contributed by atoms with Gasteiger partial charge in [0.15, 0.2) is 0 Å². The molecule has 2 N–H and O–H groups in total. The molecule has 0 aromatic rings. The summed E-state index contributed by atoms with van der Waals surface area (Å²) in [7, 11) is -2.34. The van der Waals surface area contributed by atoms with Crippen molar-refractivity contribution in [2.24, 2.45) is 0 Å². The van der Waals surface area contributed by atoms with E-state index in [2.05, 4.69) is 23.8 Å². The maximum atomic E-state index is 5.77. The molecule has 0 bridgehead atoms. The van der Waals surface area contributed by atoms with E-state index in [4.69, 9.17) is 8.85 Å². The van der Waals surface area contributed by atoms with E-state index in [9.17, 15) is 0 Å². The Bertz CT molecular complexity index is 131. The van der Waals surface area contributed by atoms with Gasteiger partial charge in [-0.05, 0) is 39.8 Å². The van der Waals surface area contributed by atoms with Crippen LogP contribution >= 0.6 is 0 Å². The maximum absolute atomic E-state index is 5.77. The first-order chi connectivity index (χ1) is 7.24. The molecule has 0 radical (unpaired) electrons. The molecular weight excluding hydrogens is 208 g/mol. The molecule has 0 saturated carbocycles. The highest BCUT2D eigenvalue weighted by Gasteiger charge is 2.37. The highest BCUT2D eigenvalue weighted by Crippen LogP contribution is 2.00. The molecule has 15 heavy (non-hydrogen) atoms. The number of rotatable bonds is 10.